The van der Waals surface area contributed by atoms with Gasteiger partial charge in [0.15, 0.2) is 48.5 Å². The summed E-state index contributed by atoms with van der Waals surface area (Å²) >= 11 is 0. The Labute approximate surface area is 840 Å². The number of aryl methyl sites for hydroxylation is 2. The van der Waals surface area contributed by atoms with E-state index in [1.54, 1.807) is 123 Å². The number of carbonyl (C=O) groups excluding carboxylic acids is 5. The molecular formula is C90H130N30O26S+10. The van der Waals surface area contributed by atoms with Gasteiger partial charge in [0.25, 0.3) is 34.5 Å². The minimum Gasteiger partial charge on any atom is -0.496 e. The fourth-order valence-corrected chi connectivity index (χ4v) is 22.2. The van der Waals surface area contributed by atoms with E-state index < -0.39 is 170 Å². The minimum atomic E-state index is -3.11. The number of rotatable bonds is 19. The van der Waals surface area contributed by atoms with Gasteiger partial charge in [0.05, 0.1) is 31.4 Å². The van der Waals surface area contributed by atoms with Gasteiger partial charge in [-0.1, -0.05) is 106 Å². The average Bonchev–Trinajstić information content (AvgIpc) is 1.55. The number of nitrogens with two attached hydrogens (primary N) is 10. The quantitative estimate of drug-likeness (QED) is 0.0158. The fraction of sp³-hybridized carbons (Fsp3) is 0.500. The number of methoxy groups -OCH3 is 1. The van der Waals surface area contributed by atoms with Gasteiger partial charge in [0.2, 0.25) is 5.79 Å². The number of carbonyl (C=O) groups is 5. The highest BCUT2D eigenvalue weighted by Crippen LogP contribution is 2.46. The van der Waals surface area contributed by atoms with Crippen LogP contribution in [0, 0.1) is 19.8 Å². The summed E-state index contributed by atoms with van der Waals surface area (Å²) in [6, 6.07) is 32.1. The van der Waals surface area contributed by atoms with Gasteiger partial charge in [-0.3, -0.25) is 118 Å². The molecule has 5 saturated heterocycles. The summed E-state index contributed by atoms with van der Waals surface area (Å²) in [5.74, 6) is -11.8. The fourth-order valence-electron chi connectivity index (χ4n) is 22.2. The third kappa shape index (κ3) is 18.2. The Kier molecular flexibility index (Phi) is 28.9. The third-order valence-electron chi connectivity index (χ3n) is 29.1. The standard InChI is InChI=1S/C23H26N6O5.C19H26N6O5.C18H24N6O5.C18H24N6O4.C12H20N6O4.O3S/c1-2-15-18-22(28-20(24)27-18)23(31,32)17(12-29(22)21(25)26-15)34-19(30)14-10-6-7-11-16(14)33-13-8-4-3-5-9-13;1-4-11-14-18(24-16(20)23-14)19(27,28)13(8-25(18)17(21)22-11)30-15(26)10-5-6-12(29-3)9(2)7-10;1-10(25)28-9-12-14-17(23-15(19)22-14)18(26,27)13(7-24(17)16(20)21-12)29-8-11-5-3-2-4-6-11;1-3-11-13-17(23-15(19)22-13)18(26,27)12(8-24(17)16(20)21-11)28-14(25)10-6-4-9(2)5-7-10;1-5-3-18-10(14)15-7(4-22-6(2)19)8-11(18,12(5,20)21)17-9(13)16-8;1-4(2)3/h3-11,15,17-18,31-32H,2,12H2,1H3,(H5,24,25,26,27,28);5-7,11,13-14,27-28H,4,8H2,1-3H3,(H5,20,21,22,23,24);2-6,12-14,26-27H,7-9H2,1H3,(H5,19,20,21,22,23);4-7,11-13,26-27H,3,8H2,1-2H3,(H5,19,20,21,22,23);5,7-8,20-21H,3-4H2,1-2H3,(H5,13,14,15,16,17);/p+10/t15-,17-,18-,22-;11-,13-,14-,18-;12-,13-,14-,17-;11-,12-,13-,17-;5-,7-,8-,11-;/m00000./s1. The number of nitrogens with zero attached hydrogens (tertiary/aromatic N) is 5. The number of para-hydroxylation sites is 2. The lowest BCUT2D eigenvalue weighted by Gasteiger charge is -2.40. The molecule has 56 nitrogen and oxygen atoms in total. The van der Waals surface area contributed by atoms with E-state index in [9.17, 15) is 75.0 Å². The zero-order valence-corrected chi connectivity index (χ0v) is 82.3. The van der Waals surface area contributed by atoms with Crippen LogP contribution in [-0.2, 0) is 55.2 Å². The molecule has 5 aromatic rings. The van der Waals surface area contributed by atoms with Crippen molar-refractivity contribution in [1.29, 1.82) is 0 Å². The van der Waals surface area contributed by atoms with Crippen molar-refractivity contribution in [2.75, 3.05) is 53.0 Å². The molecule has 20 atom stereocenters. The highest BCUT2D eigenvalue weighted by molar-refractivity contribution is 7.59. The predicted molar refractivity (Wildman–Crippen MR) is 509 cm³/mol. The Morgan fingerprint density at radius 1 is 0.401 bits per heavy atom. The van der Waals surface area contributed by atoms with Crippen LogP contribution < -0.4 is 145 Å². The van der Waals surface area contributed by atoms with E-state index in [0.717, 1.165) is 16.7 Å². The first-order valence-corrected chi connectivity index (χ1v) is 48.1. The summed E-state index contributed by atoms with van der Waals surface area (Å²) in [5.41, 5.74) is 56.6. The van der Waals surface area contributed by atoms with Crippen LogP contribution in [0.5, 0.6) is 17.2 Å². The van der Waals surface area contributed by atoms with Crippen LogP contribution in [0.15, 0.2) is 127 Å². The molecule has 147 heavy (non-hydrogen) atoms. The molecule has 15 aliphatic heterocycles. The number of hydrogen-bond donors (Lipinski definition) is 35. The predicted octanol–water partition coefficient (Wildman–Crippen LogP) is -22.1. The van der Waals surface area contributed by atoms with E-state index in [2.05, 4.69) is 78.1 Å². The normalized spacial score (nSPS) is 31.5. The van der Waals surface area contributed by atoms with Gasteiger partial charge in [0.1, 0.15) is 98.5 Å². The molecule has 0 aliphatic carbocycles. The third-order valence-corrected chi connectivity index (χ3v) is 29.1. The summed E-state index contributed by atoms with van der Waals surface area (Å²) in [7, 11) is -1.57. The van der Waals surface area contributed by atoms with Crippen molar-refractivity contribution in [1.82, 2.24) is 53.2 Å². The first-order valence-electron chi connectivity index (χ1n) is 47.1. The summed E-state index contributed by atoms with van der Waals surface area (Å²) in [5, 5.41) is 142. The largest absolute Gasteiger partial charge is 0.496 e. The first kappa shape index (κ1) is 106. The Balaban J connectivity index is 0.000000137. The molecule has 57 heteroatoms. The lowest BCUT2D eigenvalue weighted by Crippen LogP contribution is -2.91. The number of guanidine groups is 10. The molecule has 0 saturated carbocycles. The van der Waals surface area contributed by atoms with Crippen LogP contribution >= 0.6 is 0 Å². The molecule has 20 rings (SSSR count). The number of nitrogens with one attached hydrogen (secondary N) is 15. The van der Waals surface area contributed by atoms with Crippen molar-refractivity contribution in [2.45, 2.75) is 223 Å². The molecule has 15 heterocycles. The van der Waals surface area contributed by atoms with E-state index in [0.29, 0.717) is 42.9 Å². The monoisotopic (exact) mass is 2080 g/mol. The van der Waals surface area contributed by atoms with Gasteiger partial charge in [-0.15, -0.1) is 12.6 Å². The zero-order chi connectivity index (χ0) is 107. The number of ether oxygens (including phenoxy) is 8. The molecule has 0 aromatic heterocycles. The van der Waals surface area contributed by atoms with Crippen LogP contribution in [-0.4, -0.2) is 371 Å². The molecule has 0 radical (unpaired) electrons. The van der Waals surface area contributed by atoms with Crippen molar-refractivity contribution in [3.05, 3.63) is 161 Å². The maximum absolute atomic E-state index is 13.2. The smallest absolute Gasteiger partial charge is 0.425 e. The summed E-state index contributed by atoms with van der Waals surface area (Å²) in [6.45, 7) is 14.4. The van der Waals surface area contributed by atoms with E-state index in [4.69, 9.17) is 108 Å². The van der Waals surface area contributed by atoms with E-state index in [1.165, 1.54) is 13.8 Å². The molecule has 5 aromatic carbocycles. The second-order valence-electron chi connectivity index (χ2n) is 37.9. The highest BCUT2D eigenvalue weighted by Gasteiger charge is 2.84. The Morgan fingerprint density at radius 2 is 0.721 bits per heavy atom. The lowest BCUT2D eigenvalue weighted by atomic mass is 9.84. The first-order chi connectivity index (χ1) is 69.3. The minimum absolute atomic E-state index is 0.0155. The van der Waals surface area contributed by atoms with Gasteiger partial charge >= 0.3 is 117 Å². The summed E-state index contributed by atoms with van der Waals surface area (Å²) in [4.78, 5) is 76.1. The number of benzene rings is 5. The highest BCUT2D eigenvalue weighted by atomic mass is 32.2. The Morgan fingerprint density at radius 3 is 1.10 bits per heavy atom. The average molecular weight is 2080 g/mol. The van der Waals surface area contributed by atoms with Crippen LogP contribution in [0.25, 0.3) is 0 Å². The SMILES string of the molecule is CC(=O)OC[C@@H]1NC(N)=[N+]2C[C@H](C)C(O)(O)[C@@]23NC(N)=[NH+][C@@H]13.CC(=O)OC[C@@H]1NC(N)=[N+]2C[C@H](OCc3ccccc3)C(O)(O)[C@@]23NC(N)=[NH+][C@@H]13.CC[C@@H]1NC(N)=[N+]2C[C@H](OC(=O)c3ccc(C)cc3)C(O)(O)[C@@]23NC(N)=[NH+][C@@H]13.CC[C@@H]1NC(N)=[N+]2C[C@H](OC(=O)c3ccc(OC)c(C)c3)C(O)(O)[C@@]23NC(N)=[NH+][C@@H]13.CC[C@@H]1NC(N)=[N+]2C[C@H](OC(=O)c3ccccc3Oc3ccccc3)C(O)(O)[C@@]23NC(N)=[NH+][C@@H]13.O=S(=O)=O. The molecule has 0 amide bonds. The molecule has 15 aliphatic rings. The number of aliphatic hydroxyl groups is 10. The molecule has 0 unspecified atom stereocenters. The van der Waals surface area contributed by atoms with Gasteiger partial charge in [-0.25, -0.2) is 63.8 Å². The van der Waals surface area contributed by atoms with Crippen molar-refractivity contribution < 1.29 is 173 Å². The van der Waals surface area contributed by atoms with Gasteiger partial charge in [-0.05, 0) is 98.8 Å². The molecule has 5 spiro atoms. The van der Waals surface area contributed by atoms with Crippen LogP contribution in [0.3, 0.4) is 0 Å². The Bertz CT molecular complexity index is 6430. The Hall–Kier alpha value is -15.1. The van der Waals surface area contributed by atoms with Crippen molar-refractivity contribution in [3.63, 3.8) is 0 Å². The second-order valence-corrected chi connectivity index (χ2v) is 38.3. The van der Waals surface area contributed by atoms with Crippen molar-refractivity contribution in [2.24, 2.45) is 63.3 Å². The van der Waals surface area contributed by atoms with E-state index >= 15 is 0 Å². The molecule has 45 N–H and O–H groups in total. The van der Waals surface area contributed by atoms with Gasteiger partial charge in [0, 0.05) is 19.8 Å². The summed E-state index contributed by atoms with van der Waals surface area (Å²) in [6.07, 6.45) is -2.93. The zero-order valence-electron chi connectivity index (χ0n) is 81.5. The maximum atomic E-state index is 13.2. The van der Waals surface area contributed by atoms with Crippen LogP contribution in [0.2, 0.25) is 0 Å². The summed E-state index contributed by atoms with van der Waals surface area (Å²) < 4.78 is 77.0. The van der Waals surface area contributed by atoms with E-state index in [1.807, 2.05) is 76.2 Å². The number of hydrogen-bond acceptors (Lipinski definition) is 46. The van der Waals surface area contributed by atoms with Gasteiger partial charge < -0.3 is 89.0 Å². The topological polar surface area (TPSA) is 878 Å². The van der Waals surface area contributed by atoms with Crippen molar-refractivity contribution in [3.8, 4) is 17.2 Å². The van der Waals surface area contributed by atoms with Crippen LogP contribution in [0.4, 0.5) is 0 Å². The second kappa shape index (κ2) is 40.0. The molecule has 0 bridgehead atoms. The molecular weight excluding hydrogens is 1950 g/mol. The maximum Gasteiger partial charge on any atom is 0.425 e. The number of esters is 5. The lowest BCUT2D eigenvalue weighted by molar-refractivity contribution is -0.674. The van der Waals surface area contributed by atoms with E-state index in [-0.39, 0.29) is 141 Å². The van der Waals surface area contributed by atoms with Crippen LogP contribution in [0.1, 0.15) is 109 Å². The molecule has 792 valence electrons. The molecule has 5 fully saturated rings. The van der Waals surface area contributed by atoms with Crippen molar-refractivity contribution >= 4 is 100 Å². The van der Waals surface area contributed by atoms with Gasteiger partial charge in [-0.2, -0.15) is 0 Å².